The monoisotopic (exact) mass is 392 g/mol. The van der Waals surface area contributed by atoms with Crippen LogP contribution in [-0.2, 0) is 9.59 Å². The molecular weight excluding hydrogens is 356 g/mol. The molecule has 4 rings (SSSR count). The highest BCUT2D eigenvalue weighted by Crippen LogP contribution is 2.66. The van der Waals surface area contributed by atoms with E-state index in [9.17, 15) is 14.7 Å². The van der Waals surface area contributed by atoms with Gasteiger partial charge in [0.05, 0.1) is 6.10 Å². The van der Waals surface area contributed by atoms with Crippen molar-refractivity contribution in [1.82, 2.24) is 0 Å². The number of thioether (sulfide) groups is 1. The van der Waals surface area contributed by atoms with Crippen LogP contribution in [0.1, 0.15) is 72.6 Å². The third kappa shape index (κ3) is 2.87. The molecule has 0 radical (unpaired) electrons. The number of hydrogen-bond acceptors (Lipinski definition) is 4. The summed E-state index contributed by atoms with van der Waals surface area (Å²) < 4.78 is 0. The summed E-state index contributed by atoms with van der Waals surface area (Å²) in [5.41, 5.74) is -0.0826. The van der Waals surface area contributed by atoms with Crippen molar-refractivity contribution >= 4 is 23.3 Å². The fourth-order valence-corrected chi connectivity index (χ4v) is 9.36. The van der Waals surface area contributed by atoms with Gasteiger partial charge in [0, 0.05) is 23.5 Å². The van der Waals surface area contributed by atoms with Crippen molar-refractivity contribution in [3.8, 4) is 0 Å². The van der Waals surface area contributed by atoms with Crippen molar-refractivity contribution in [3.63, 3.8) is 0 Å². The molecule has 152 valence electrons. The standard InChI is InChI=1S/C23H36O3S/c1-5-27-20-12-22(3)14(10-18(20)25)6-7-15-17-9-8-16(13(2)24)23(17,4)11-19(26)21(15)22/h14-18,20-21,25H,5-12H2,1-4H3/t14-,15-,16+,17-,18-,20-,21+,22-,23+/m0/s1. The van der Waals surface area contributed by atoms with Crippen LogP contribution in [0.15, 0.2) is 0 Å². The molecule has 4 fully saturated rings. The molecule has 27 heavy (non-hydrogen) atoms. The molecule has 0 aromatic carbocycles. The van der Waals surface area contributed by atoms with E-state index in [-0.39, 0.29) is 39.8 Å². The Balaban J connectivity index is 1.66. The Hall–Kier alpha value is -0.350. The van der Waals surface area contributed by atoms with Crippen LogP contribution in [0.2, 0.25) is 0 Å². The minimum Gasteiger partial charge on any atom is -0.392 e. The zero-order valence-corrected chi connectivity index (χ0v) is 18.2. The zero-order chi connectivity index (χ0) is 19.6. The largest absolute Gasteiger partial charge is 0.392 e. The fourth-order valence-electron chi connectivity index (χ4n) is 8.13. The Labute approximate surface area is 168 Å². The van der Waals surface area contributed by atoms with Gasteiger partial charge in [-0.3, -0.25) is 9.59 Å². The molecule has 0 aromatic rings. The van der Waals surface area contributed by atoms with Gasteiger partial charge in [0.15, 0.2) is 0 Å². The summed E-state index contributed by atoms with van der Waals surface area (Å²) in [6, 6.07) is 0. The van der Waals surface area contributed by atoms with Gasteiger partial charge in [-0.25, -0.2) is 0 Å². The predicted molar refractivity (Wildman–Crippen MR) is 110 cm³/mol. The minimum atomic E-state index is -0.220. The second-order valence-electron chi connectivity index (χ2n) is 10.4. The van der Waals surface area contributed by atoms with E-state index in [4.69, 9.17) is 0 Å². The molecule has 4 saturated carbocycles. The Morgan fingerprint density at radius 3 is 2.59 bits per heavy atom. The molecule has 9 atom stereocenters. The third-order valence-electron chi connectivity index (χ3n) is 9.22. The van der Waals surface area contributed by atoms with Crippen LogP contribution >= 0.6 is 11.8 Å². The average Bonchev–Trinajstić information content (AvgIpc) is 2.92. The number of Topliss-reactive ketones (excluding diaryl/α,β-unsaturated/α-hetero) is 2. The van der Waals surface area contributed by atoms with Gasteiger partial charge in [0.25, 0.3) is 0 Å². The van der Waals surface area contributed by atoms with Gasteiger partial charge < -0.3 is 5.11 Å². The first kappa shape index (κ1) is 19.9. The number of aliphatic hydroxyl groups is 1. The average molecular weight is 393 g/mol. The molecule has 0 unspecified atom stereocenters. The van der Waals surface area contributed by atoms with Crippen LogP contribution in [0.5, 0.6) is 0 Å². The highest BCUT2D eigenvalue weighted by atomic mass is 32.2. The van der Waals surface area contributed by atoms with Crippen LogP contribution in [0.25, 0.3) is 0 Å². The van der Waals surface area contributed by atoms with Crippen molar-refractivity contribution in [2.75, 3.05) is 5.75 Å². The van der Waals surface area contributed by atoms with Crippen molar-refractivity contribution in [1.29, 1.82) is 0 Å². The van der Waals surface area contributed by atoms with Crippen LogP contribution in [0.4, 0.5) is 0 Å². The molecular formula is C23H36O3S. The molecule has 4 aliphatic carbocycles. The molecule has 1 N–H and O–H groups in total. The third-order valence-corrected chi connectivity index (χ3v) is 10.5. The number of ketones is 2. The number of carbonyl (C=O) groups excluding carboxylic acids is 2. The minimum absolute atomic E-state index is 0.0295. The number of hydrogen-bond donors (Lipinski definition) is 1. The molecule has 0 aromatic heterocycles. The quantitative estimate of drug-likeness (QED) is 0.768. The van der Waals surface area contributed by atoms with Gasteiger partial charge in [-0.05, 0) is 79.8 Å². The zero-order valence-electron chi connectivity index (χ0n) is 17.4. The summed E-state index contributed by atoms with van der Waals surface area (Å²) in [6.07, 6.45) is 6.56. The second kappa shape index (κ2) is 6.86. The lowest BCUT2D eigenvalue weighted by atomic mass is 9.44. The van der Waals surface area contributed by atoms with Gasteiger partial charge in [-0.15, -0.1) is 0 Å². The van der Waals surface area contributed by atoms with Crippen molar-refractivity contribution in [2.24, 2.45) is 40.4 Å². The molecule has 0 saturated heterocycles. The highest BCUT2D eigenvalue weighted by Gasteiger charge is 2.64. The van der Waals surface area contributed by atoms with E-state index in [0.717, 1.165) is 44.3 Å². The molecule has 4 heteroatoms. The first-order valence-electron chi connectivity index (χ1n) is 11.0. The molecule has 0 bridgehead atoms. The molecule has 0 aliphatic heterocycles. The van der Waals surface area contributed by atoms with Crippen molar-refractivity contribution < 1.29 is 14.7 Å². The second-order valence-corrected chi connectivity index (χ2v) is 11.9. The van der Waals surface area contributed by atoms with E-state index in [1.54, 1.807) is 6.92 Å². The van der Waals surface area contributed by atoms with Gasteiger partial charge in [0.2, 0.25) is 0 Å². The summed E-state index contributed by atoms with van der Waals surface area (Å²) in [4.78, 5) is 25.8. The maximum absolute atomic E-state index is 13.6. The molecule has 3 nitrogen and oxygen atoms in total. The van der Waals surface area contributed by atoms with Gasteiger partial charge in [-0.2, -0.15) is 11.8 Å². The van der Waals surface area contributed by atoms with Crippen molar-refractivity contribution in [3.05, 3.63) is 0 Å². The van der Waals surface area contributed by atoms with E-state index in [1.807, 2.05) is 11.8 Å². The molecule has 0 heterocycles. The van der Waals surface area contributed by atoms with Crippen LogP contribution < -0.4 is 0 Å². The smallest absolute Gasteiger partial charge is 0.137 e. The fraction of sp³-hybridized carbons (Fsp3) is 0.913. The molecule has 4 aliphatic rings. The van der Waals surface area contributed by atoms with E-state index in [1.165, 1.54) is 0 Å². The first-order valence-corrected chi connectivity index (χ1v) is 12.1. The Bertz CT molecular complexity index is 633. The maximum atomic E-state index is 13.6. The Morgan fingerprint density at radius 2 is 1.93 bits per heavy atom. The Morgan fingerprint density at radius 1 is 1.19 bits per heavy atom. The van der Waals surface area contributed by atoms with E-state index < -0.39 is 0 Å². The molecule has 0 amide bonds. The SMILES string of the molecule is CCS[C@H]1C[C@@]2(C)[C@@H](CC[C@H]3[C@@H]4CC[C@H](C(C)=O)[C@@]4(C)CC(=O)[C@@H]32)C[C@@H]1O. The molecule has 0 spiro atoms. The van der Waals surface area contributed by atoms with Crippen LogP contribution in [0.3, 0.4) is 0 Å². The summed E-state index contributed by atoms with van der Waals surface area (Å²) in [7, 11) is 0. The normalized spacial score (nSPS) is 52.0. The van der Waals surface area contributed by atoms with Gasteiger partial charge in [-0.1, -0.05) is 20.8 Å². The lowest BCUT2D eigenvalue weighted by molar-refractivity contribution is -0.161. The Kier molecular flexibility index (Phi) is 5.07. The van der Waals surface area contributed by atoms with Crippen molar-refractivity contribution in [2.45, 2.75) is 84.0 Å². The van der Waals surface area contributed by atoms with Crippen LogP contribution in [0, 0.1) is 40.4 Å². The van der Waals surface area contributed by atoms with Gasteiger partial charge >= 0.3 is 0 Å². The number of aliphatic hydroxyl groups excluding tert-OH is 1. The number of carbonyl (C=O) groups is 2. The van der Waals surface area contributed by atoms with E-state index >= 15 is 0 Å². The van der Waals surface area contributed by atoms with E-state index in [2.05, 4.69) is 20.8 Å². The lowest BCUT2D eigenvalue weighted by Crippen LogP contribution is -2.59. The topological polar surface area (TPSA) is 54.4 Å². The summed E-state index contributed by atoms with van der Waals surface area (Å²) in [5, 5.41) is 10.9. The number of fused-ring (bicyclic) bond motifs is 5. The van der Waals surface area contributed by atoms with E-state index in [0.29, 0.717) is 30.0 Å². The lowest BCUT2D eigenvalue weighted by Gasteiger charge is -2.60. The first-order chi connectivity index (χ1) is 12.7. The highest BCUT2D eigenvalue weighted by molar-refractivity contribution is 7.99. The summed E-state index contributed by atoms with van der Waals surface area (Å²) in [6.45, 7) is 8.48. The predicted octanol–water partition coefficient (Wildman–Crippen LogP) is 4.51. The summed E-state index contributed by atoms with van der Waals surface area (Å²) >= 11 is 1.87. The number of rotatable bonds is 3. The van der Waals surface area contributed by atoms with Gasteiger partial charge in [0.1, 0.15) is 11.6 Å². The van der Waals surface area contributed by atoms with Crippen LogP contribution in [-0.4, -0.2) is 33.8 Å². The maximum Gasteiger partial charge on any atom is 0.137 e. The summed E-state index contributed by atoms with van der Waals surface area (Å²) in [5.74, 6) is 3.40.